The largest absolute Gasteiger partial charge is 0.381 e. The predicted octanol–water partition coefficient (Wildman–Crippen LogP) is -1.01. The molecule has 0 bridgehead atoms. The van der Waals surface area contributed by atoms with Crippen LogP contribution in [0.2, 0.25) is 0 Å². The lowest BCUT2D eigenvalue weighted by atomic mass is 10.4. The van der Waals surface area contributed by atoms with Gasteiger partial charge in [-0.2, -0.15) is 4.31 Å². The predicted molar refractivity (Wildman–Crippen MR) is 77.0 cm³/mol. The molecule has 2 heterocycles. The Balaban J connectivity index is 2.14. The van der Waals surface area contributed by atoms with Gasteiger partial charge >= 0.3 is 6.03 Å². The van der Waals surface area contributed by atoms with Crippen molar-refractivity contribution < 1.29 is 13.2 Å². The van der Waals surface area contributed by atoms with E-state index in [4.69, 9.17) is 5.73 Å². The van der Waals surface area contributed by atoms with Crippen LogP contribution in [0.5, 0.6) is 0 Å². The summed E-state index contributed by atoms with van der Waals surface area (Å²) < 4.78 is 27.9. The minimum atomic E-state index is -3.69. The lowest BCUT2D eigenvalue weighted by Crippen LogP contribution is -2.53. The van der Waals surface area contributed by atoms with Gasteiger partial charge in [-0.05, 0) is 0 Å². The third-order valence-corrected chi connectivity index (χ3v) is 5.42. The van der Waals surface area contributed by atoms with Crippen LogP contribution >= 0.6 is 0 Å². The molecule has 0 unspecified atom stereocenters. The van der Waals surface area contributed by atoms with Crippen molar-refractivity contribution in [3.63, 3.8) is 0 Å². The third-order valence-electron chi connectivity index (χ3n) is 3.39. The highest BCUT2D eigenvalue weighted by Gasteiger charge is 2.33. The van der Waals surface area contributed by atoms with E-state index >= 15 is 0 Å². The zero-order valence-electron chi connectivity index (χ0n) is 12.4. The number of rotatable bonds is 2. The summed E-state index contributed by atoms with van der Waals surface area (Å²) in [5, 5.41) is -0.00474. The first-order valence-electron chi connectivity index (χ1n) is 6.48. The van der Waals surface area contributed by atoms with Crippen molar-refractivity contribution in [2.45, 2.75) is 5.03 Å². The van der Waals surface area contributed by atoms with Crippen molar-refractivity contribution in [2.24, 2.45) is 7.05 Å². The van der Waals surface area contributed by atoms with Crippen molar-refractivity contribution in [3.05, 3.63) is 6.33 Å². The molecular formula is C11H20N6O3S. The molecule has 2 rings (SSSR count). The normalized spacial score (nSPS) is 17.0. The Bertz CT molecular complexity index is 611. The summed E-state index contributed by atoms with van der Waals surface area (Å²) in [5.74, 6) is -0.00991. The molecule has 2 N–H and O–H groups in total. The van der Waals surface area contributed by atoms with Gasteiger partial charge in [0.15, 0.2) is 10.8 Å². The molecule has 1 saturated heterocycles. The van der Waals surface area contributed by atoms with Crippen molar-refractivity contribution >= 4 is 21.9 Å². The molecule has 0 aromatic carbocycles. The average molecular weight is 316 g/mol. The molecule has 1 aliphatic heterocycles. The maximum Gasteiger partial charge on any atom is 0.319 e. The molecule has 1 aromatic heterocycles. The van der Waals surface area contributed by atoms with Gasteiger partial charge in [-0.1, -0.05) is 0 Å². The van der Waals surface area contributed by atoms with Crippen LogP contribution in [-0.2, 0) is 17.1 Å². The number of carbonyl (C=O) groups excluding carboxylic acids is 1. The summed E-state index contributed by atoms with van der Waals surface area (Å²) in [4.78, 5) is 18.7. The van der Waals surface area contributed by atoms with Gasteiger partial charge in [0, 0.05) is 47.3 Å². The molecule has 21 heavy (non-hydrogen) atoms. The van der Waals surface area contributed by atoms with E-state index in [2.05, 4.69) is 4.98 Å². The molecule has 0 radical (unpaired) electrons. The molecule has 10 heteroatoms. The lowest BCUT2D eigenvalue weighted by Gasteiger charge is -2.35. The van der Waals surface area contributed by atoms with Crippen molar-refractivity contribution in [1.82, 2.24) is 23.7 Å². The average Bonchev–Trinajstić information content (AvgIpc) is 2.78. The van der Waals surface area contributed by atoms with E-state index in [1.807, 2.05) is 0 Å². The Hall–Kier alpha value is -1.81. The number of hydrogen-bond acceptors (Lipinski definition) is 5. The van der Waals surface area contributed by atoms with Crippen LogP contribution in [0.3, 0.4) is 0 Å². The number of sulfonamides is 1. The second-order valence-electron chi connectivity index (χ2n) is 5.11. The summed E-state index contributed by atoms with van der Waals surface area (Å²) >= 11 is 0. The molecular weight excluding hydrogens is 296 g/mol. The summed E-state index contributed by atoms with van der Waals surface area (Å²) in [6.07, 6.45) is 1.37. The highest BCUT2D eigenvalue weighted by molar-refractivity contribution is 7.89. The number of amides is 2. The van der Waals surface area contributed by atoms with E-state index in [1.54, 1.807) is 26.0 Å². The van der Waals surface area contributed by atoms with E-state index in [1.165, 1.54) is 20.1 Å². The highest BCUT2D eigenvalue weighted by Crippen LogP contribution is 2.21. The molecule has 0 saturated carbocycles. The number of piperazine rings is 1. The number of imidazole rings is 1. The van der Waals surface area contributed by atoms with Crippen LogP contribution < -0.4 is 5.73 Å². The van der Waals surface area contributed by atoms with Gasteiger partial charge in [-0.15, -0.1) is 0 Å². The Morgan fingerprint density at radius 1 is 1.29 bits per heavy atom. The molecule has 0 aliphatic carbocycles. The molecule has 0 atom stereocenters. The number of aryl methyl sites for hydroxylation is 1. The monoisotopic (exact) mass is 316 g/mol. The number of urea groups is 1. The molecule has 1 fully saturated rings. The van der Waals surface area contributed by atoms with Gasteiger partial charge in [0.1, 0.15) is 0 Å². The van der Waals surface area contributed by atoms with Gasteiger partial charge < -0.3 is 20.1 Å². The number of carbonyl (C=O) groups is 1. The number of hydrogen-bond donors (Lipinski definition) is 1. The van der Waals surface area contributed by atoms with E-state index in [0.717, 1.165) is 0 Å². The summed E-state index contributed by atoms with van der Waals surface area (Å²) in [7, 11) is 1.23. The van der Waals surface area contributed by atoms with Crippen LogP contribution in [-0.4, -0.2) is 78.4 Å². The van der Waals surface area contributed by atoms with Gasteiger partial charge in [-0.3, -0.25) is 0 Å². The SMILES string of the molecule is CN(C)C(=O)N1CCN(S(=O)(=O)c2c(N)ncn2C)CC1. The summed E-state index contributed by atoms with van der Waals surface area (Å²) in [5.41, 5.74) is 5.64. The van der Waals surface area contributed by atoms with E-state index in [9.17, 15) is 13.2 Å². The fraction of sp³-hybridized carbons (Fsp3) is 0.636. The van der Waals surface area contributed by atoms with Crippen LogP contribution in [0.25, 0.3) is 0 Å². The van der Waals surface area contributed by atoms with Crippen LogP contribution in [0.1, 0.15) is 0 Å². The van der Waals surface area contributed by atoms with Crippen molar-refractivity contribution in [2.75, 3.05) is 46.0 Å². The Morgan fingerprint density at radius 3 is 2.29 bits per heavy atom. The van der Waals surface area contributed by atoms with Crippen molar-refractivity contribution in [1.29, 1.82) is 0 Å². The van der Waals surface area contributed by atoms with E-state index < -0.39 is 10.0 Å². The summed E-state index contributed by atoms with van der Waals surface area (Å²) in [6, 6.07) is -0.118. The maximum atomic E-state index is 12.6. The quantitative estimate of drug-likeness (QED) is 0.753. The van der Waals surface area contributed by atoms with Gasteiger partial charge in [0.2, 0.25) is 0 Å². The Labute approximate surface area is 124 Å². The van der Waals surface area contributed by atoms with Gasteiger partial charge in [0.25, 0.3) is 10.0 Å². The topological polar surface area (TPSA) is 105 Å². The minimum Gasteiger partial charge on any atom is -0.381 e. The molecule has 0 spiro atoms. The second-order valence-corrected chi connectivity index (χ2v) is 6.97. The number of aromatic nitrogens is 2. The van der Waals surface area contributed by atoms with Gasteiger partial charge in [0.05, 0.1) is 6.33 Å². The number of nitrogens with two attached hydrogens (primary N) is 1. The number of anilines is 1. The third kappa shape index (κ3) is 2.81. The smallest absolute Gasteiger partial charge is 0.319 e. The first-order chi connectivity index (χ1) is 9.75. The highest BCUT2D eigenvalue weighted by atomic mass is 32.2. The van der Waals surface area contributed by atoms with E-state index in [0.29, 0.717) is 13.1 Å². The first-order valence-corrected chi connectivity index (χ1v) is 7.92. The molecule has 1 aliphatic rings. The standard InChI is InChI=1S/C11H20N6O3S/c1-14(2)11(18)16-4-6-17(7-5-16)21(19,20)10-9(12)13-8-15(10)3/h8H,4-7,12H2,1-3H3. The molecule has 118 valence electrons. The molecule has 1 aromatic rings. The molecule has 2 amide bonds. The number of nitrogens with zero attached hydrogens (tertiary/aromatic N) is 5. The Kier molecular flexibility index (Phi) is 4.10. The molecule has 9 nitrogen and oxygen atoms in total. The Morgan fingerprint density at radius 2 is 1.86 bits per heavy atom. The summed E-state index contributed by atoms with van der Waals surface area (Å²) in [6.45, 7) is 1.20. The maximum absolute atomic E-state index is 12.6. The fourth-order valence-corrected chi connectivity index (χ4v) is 3.89. The lowest BCUT2D eigenvalue weighted by molar-refractivity contribution is 0.149. The first kappa shape index (κ1) is 15.6. The zero-order valence-corrected chi connectivity index (χ0v) is 13.2. The number of nitrogen functional groups attached to an aromatic ring is 1. The van der Waals surface area contributed by atoms with Crippen LogP contribution in [0.15, 0.2) is 11.4 Å². The van der Waals surface area contributed by atoms with Crippen LogP contribution in [0, 0.1) is 0 Å². The van der Waals surface area contributed by atoms with E-state index in [-0.39, 0.29) is 30.0 Å². The fourth-order valence-electron chi connectivity index (χ4n) is 2.28. The second kappa shape index (κ2) is 5.53. The zero-order chi connectivity index (χ0) is 15.8. The van der Waals surface area contributed by atoms with Gasteiger partial charge in [-0.25, -0.2) is 18.2 Å². The van der Waals surface area contributed by atoms with Crippen LogP contribution in [0.4, 0.5) is 10.6 Å². The van der Waals surface area contributed by atoms with Crippen molar-refractivity contribution in [3.8, 4) is 0 Å². The minimum absolute atomic E-state index is 0.00474.